The molecule has 1 aliphatic carbocycles. The molecule has 166 valence electrons. The molecule has 1 amide bonds. The number of fused-ring (bicyclic) bond motifs is 3. The largest absolute Gasteiger partial charge is 0.378 e. The molecule has 1 N–H and O–H groups in total. The third-order valence-corrected chi connectivity index (χ3v) is 7.01. The summed E-state index contributed by atoms with van der Waals surface area (Å²) in [4.78, 5) is 15.7. The lowest BCUT2D eigenvalue weighted by Gasteiger charge is -2.48. The van der Waals surface area contributed by atoms with Crippen molar-refractivity contribution < 1.29 is 13.9 Å². The molecule has 32 heavy (non-hydrogen) atoms. The lowest BCUT2D eigenvalue weighted by Crippen LogP contribution is -2.60. The van der Waals surface area contributed by atoms with Gasteiger partial charge in [-0.05, 0) is 49.4 Å². The van der Waals surface area contributed by atoms with Crippen LogP contribution in [0.15, 0.2) is 48.5 Å². The summed E-state index contributed by atoms with van der Waals surface area (Å²) in [5.41, 5.74) is 2.67. The highest BCUT2D eigenvalue weighted by Crippen LogP contribution is 2.37. The molecule has 0 unspecified atom stereocenters. The van der Waals surface area contributed by atoms with E-state index in [9.17, 15) is 9.18 Å². The van der Waals surface area contributed by atoms with Crippen LogP contribution in [0.4, 0.5) is 4.39 Å². The highest BCUT2D eigenvalue weighted by molar-refractivity contribution is 6.05. The number of ether oxygens (including phenoxy) is 1. The maximum Gasteiger partial charge on any atom is 0.272 e. The van der Waals surface area contributed by atoms with Gasteiger partial charge in [0.2, 0.25) is 0 Å². The van der Waals surface area contributed by atoms with Crippen molar-refractivity contribution in [2.75, 3.05) is 13.2 Å². The minimum absolute atomic E-state index is 0.0865. The van der Waals surface area contributed by atoms with E-state index in [0.717, 1.165) is 48.7 Å². The van der Waals surface area contributed by atoms with E-state index in [1.807, 2.05) is 41.1 Å². The zero-order valence-electron chi connectivity index (χ0n) is 17.9. The number of amides is 1. The molecule has 2 aliphatic heterocycles. The number of para-hydroxylation sites is 1. The molecule has 3 aromatic rings. The van der Waals surface area contributed by atoms with Gasteiger partial charge < -0.3 is 10.1 Å². The summed E-state index contributed by atoms with van der Waals surface area (Å²) >= 11 is 0. The first-order chi connectivity index (χ1) is 15.7. The van der Waals surface area contributed by atoms with Crippen LogP contribution >= 0.6 is 0 Å². The second kappa shape index (κ2) is 7.98. The summed E-state index contributed by atoms with van der Waals surface area (Å²) in [5.74, 6) is -0.299. The lowest BCUT2D eigenvalue weighted by molar-refractivity contribution is -0.0843. The van der Waals surface area contributed by atoms with E-state index in [0.29, 0.717) is 24.9 Å². The van der Waals surface area contributed by atoms with E-state index >= 15 is 0 Å². The summed E-state index contributed by atoms with van der Waals surface area (Å²) in [6, 6.07) is 15.7. The molecule has 3 aliphatic rings. The van der Waals surface area contributed by atoms with Crippen molar-refractivity contribution in [3.05, 3.63) is 65.6 Å². The molecule has 1 aromatic heterocycles. The number of carbonyl (C=O) groups is 1. The van der Waals surface area contributed by atoms with E-state index < -0.39 is 0 Å². The van der Waals surface area contributed by atoms with Crippen molar-refractivity contribution in [1.82, 2.24) is 20.0 Å². The Morgan fingerprint density at radius 1 is 1.03 bits per heavy atom. The van der Waals surface area contributed by atoms with Gasteiger partial charge in [0.05, 0.1) is 24.8 Å². The fourth-order valence-corrected chi connectivity index (χ4v) is 5.27. The second-order valence-electron chi connectivity index (χ2n) is 9.33. The van der Waals surface area contributed by atoms with Crippen molar-refractivity contribution in [3.8, 4) is 0 Å². The Kier molecular flexibility index (Phi) is 4.96. The maximum absolute atomic E-state index is 13.3. The van der Waals surface area contributed by atoms with Crippen molar-refractivity contribution in [2.45, 2.75) is 56.4 Å². The Morgan fingerprint density at radius 2 is 1.75 bits per heavy atom. The molecule has 0 spiro atoms. The summed E-state index contributed by atoms with van der Waals surface area (Å²) in [7, 11) is 0. The number of carbonyl (C=O) groups excluding carboxylic acids is 1. The van der Waals surface area contributed by atoms with Crippen LogP contribution in [0.25, 0.3) is 10.9 Å². The van der Waals surface area contributed by atoms with E-state index in [-0.39, 0.29) is 29.8 Å². The van der Waals surface area contributed by atoms with Gasteiger partial charge in [-0.2, -0.15) is 5.10 Å². The topological polar surface area (TPSA) is 59.4 Å². The Hall–Kier alpha value is -2.77. The van der Waals surface area contributed by atoms with Crippen LogP contribution in [0.2, 0.25) is 0 Å². The molecule has 6 nitrogen and oxygen atoms in total. The molecule has 3 heterocycles. The number of nitrogens with zero attached hydrogens (tertiary/aromatic N) is 3. The predicted octanol–water partition coefficient (Wildman–Crippen LogP) is 3.67. The molecule has 6 rings (SSSR count). The van der Waals surface area contributed by atoms with Gasteiger partial charge in [0.25, 0.3) is 5.91 Å². The standard InChI is InChI=1S/C25H27FN4O2/c26-17-7-5-16(6-8-17)13-29-20-11-18(12-21(29)15-32-14-20)27-25(31)24-22-3-1-2-4-23(22)30(28-24)19-9-10-19/h1-8,18-21H,9-15H2,(H,27,31)/t18-,20-,21+. The Balaban J connectivity index is 1.18. The van der Waals surface area contributed by atoms with Crippen LogP contribution in [-0.4, -0.2) is 51.9 Å². The van der Waals surface area contributed by atoms with E-state index in [2.05, 4.69) is 10.2 Å². The average molecular weight is 435 g/mol. The van der Waals surface area contributed by atoms with Crippen molar-refractivity contribution >= 4 is 16.8 Å². The zero-order valence-corrected chi connectivity index (χ0v) is 17.9. The first kappa shape index (κ1) is 19.9. The van der Waals surface area contributed by atoms with Crippen molar-refractivity contribution in [3.63, 3.8) is 0 Å². The van der Waals surface area contributed by atoms with Crippen LogP contribution in [0.3, 0.4) is 0 Å². The summed E-state index contributed by atoms with van der Waals surface area (Å²) in [6.07, 6.45) is 3.93. The number of halogens is 1. The van der Waals surface area contributed by atoms with Gasteiger partial charge >= 0.3 is 0 Å². The molecule has 2 saturated heterocycles. The monoisotopic (exact) mass is 434 g/mol. The van der Waals surface area contributed by atoms with Gasteiger partial charge in [0.15, 0.2) is 5.69 Å². The van der Waals surface area contributed by atoms with Gasteiger partial charge in [-0.15, -0.1) is 0 Å². The minimum atomic E-state index is -0.213. The third kappa shape index (κ3) is 3.69. The fourth-order valence-electron chi connectivity index (χ4n) is 5.27. The first-order valence-electron chi connectivity index (χ1n) is 11.5. The summed E-state index contributed by atoms with van der Waals surface area (Å²) in [5, 5.41) is 8.90. The van der Waals surface area contributed by atoms with Crippen LogP contribution in [0.5, 0.6) is 0 Å². The van der Waals surface area contributed by atoms with Crippen LogP contribution in [0.1, 0.15) is 47.8 Å². The quantitative estimate of drug-likeness (QED) is 0.666. The van der Waals surface area contributed by atoms with Gasteiger partial charge in [0.1, 0.15) is 5.82 Å². The number of morpholine rings is 1. The normalized spacial score (nSPS) is 25.7. The number of rotatable bonds is 5. The zero-order chi connectivity index (χ0) is 21.7. The number of aromatic nitrogens is 2. The number of hydrogen-bond acceptors (Lipinski definition) is 4. The molecule has 2 bridgehead atoms. The Labute approximate surface area is 186 Å². The fraction of sp³-hybridized carbons (Fsp3) is 0.440. The highest BCUT2D eigenvalue weighted by atomic mass is 19.1. The van der Waals surface area contributed by atoms with Crippen molar-refractivity contribution in [1.29, 1.82) is 0 Å². The third-order valence-electron chi connectivity index (χ3n) is 7.01. The Bertz CT molecular complexity index is 1130. The molecular weight excluding hydrogens is 407 g/mol. The number of hydrogen-bond donors (Lipinski definition) is 1. The van der Waals surface area contributed by atoms with Crippen LogP contribution < -0.4 is 5.32 Å². The molecule has 7 heteroatoms. The Morgan fingerprint density at radius 3 is 2.47 bits per heavy atom. The molecule has 1 saturated carbocycles. The SMILES string of the molecule is O=C(N[C@H]1C[C@H]2COC[C@@H](C1)N2Cc1ccc(F)cc1)c1nn(C2CC2)c2ccccc12. The molecule has 0 radical (unpaired) electrons. The van der Waals surface area contributed by atoms with E-state index in [1.165, 1.54) is 12.1 Å². The maximum atomic E-state index is 13.3. The van der Waals surface area contributed by atoms with Gasteiger partial charge in [0, 0.05) is 30.1 Å². The molecular formula is C25H27FN4O2. The summed E-state index contributed by atoms with van der Waals surface area (Å²) < 4.78 is 21.1. The molecule has 2 aromatic carbocycles. The lowest BCUT2D eigenvalue weighted by atomic mass is 9.89. The van der Waals surface area contributed by atoms with Crippen LogP contribution in [0, 0.1) is 5.82 Å². The first-order valence-corrected chi connectivity index (χ1v) is 11.5. The van der Waals surface area contributed by atoms with Crippen LogP contribution in [-0.2, 0) is 11.3 Å². The average Bonchev–Trinajstić information content (AvgIpc) is 3.55. The molecule has 3 atom stereocenters. The predicted molar refractivity (Wildman–Crippen MR) is 119 cm³/mol. The van der Waals surface area contributed by atoms with Gasteiger partial charge in [-0.1, -0.05) is 30.3 Å². The number of benzene rings is 2. The molecule has 3 fully saturated rings. The van der Waals surface area contributed by atoms with Crippen molar-refractivity contribution in [2.24, 2.45) is 0 Å². The highest BCUT2D eigenvalue weighted by Gasteiger charge is 2.40. The van der Waals surface area contributed by atoms with E-state index in [4.69, 9.17) is 9.84 Å². The smallest absolute Gasteiger partial charge is 0.272 e. The number of piperidine rings is 1. The number of nitrogens with one attached hydrogen (secondary N) is 1. The van der Waals surface area contributed by atoms with Gasteiger partial charge in [-0.3, -0.25) is 14.4 Å². The minimum Gasteiger partial charge on any atom is -0.378 e. The second-order valence-corrected chi connectivity index (χ2v) is 9.33. The van der Waals surface area contributed by atoms with E-state index in [1.54, 1.807) is 0 Å². The van der Waals surface area contributed by atoms with Gasteiger partial charge in [-0.25, -0.2) is 4.39 Å². The summed E-state index contributed by atoms with van der Waals surface area (Å²) in [6.45, 7) is 2.09.